The topological polar surface area (TPSA) is 60.2 Å². The van der Waals surface area contributed by atoms with E-state index in [4.69, 9.17) is 6.11 Å². The predicted octanol–water partition coefficient (Wildman–Crippen LogP) is 3.01. The smallest absolute Gasteiger partial charge is 0.143 e. The van der Waals surface area contributed by atoms with Crippen LogP contribution in [0.2, 0.25) is 0 Å². The van der Waals surface area contributed by atoms with Crippen LogP contribution in [-0.2, 0) is 11.2 Å². The lowest BCUT2D eigenvalue weighted by Crippen LogP contribution is -2.01. The summed E-state index contributed by atoms with van der Waals surface area (Å²) in [7, 11) is 1.67. The maximum absolute atomic E-state index is 10.2. The van der Waals surface area contributed by atoms with E-state index in [2.05, 4.69) is 10.2 Å². The molecule has 3 rings (SSSR count). The van der Waals surface area contributed by atoms with E-state index in [1.165, 1.54) is 4.80 Å². The first kappa shape index (κ1) is 13.3. The summed E-state index contributed by atoms with van der Waals surface area (Å²) in [6, 6.07) is 9.39. The van der Waals surface area contributed by atoms with Crippen LogP contribution in [-0.4, -0.2) is 33.8 Å². The number of ether oxygens (including phenoxy) is 1. The van der Waals surface area contributed by atoms with Crippen molar-refractivity contribution in [1.29, 1.82) is 0 Å². The van der Waals surface area contributed by atoms with Crippen molar-refractivity contribution in [1.82, 2.24) is 15.0 Å². The van der Waals surface area contributed by atoms with E-state index in [0.29, 0.717) is 12.3 Å². The molecule has 0 amide bonds. The van der Waals surface area contributed by atoms with Crippen LogP contribution in [0.1, 0.15) is 18.9 Å². The molecular weight excluding hydrogens is 278 g/mol. The van der Waals surface area contributed by atoms with Gasteiger partial charge in [0.25, 0.3) is 0 Å². The monoisotopic (exact) mass is 299 g/mol. The molecule has 0 aliphatic heterocycles. The normalized spacial score (nSPS) is 11.8. The zero-order valence-electron chi connectivity index (χ0n) is 13.7. The Bertz CT molecular complexity index is 845. The molecule has 0 aliphatic rings. The first-order valence-corrected chi connectivity index (χ1v) is 7.24. The second-order valence-corrected chi connectivity index (χ2v) is 5.32. The fourth-order valence-electron chi connectivity index (χ4n) is 2.37. The number of benzene rings is 2. The average molecular weight is 299 g/mol. The summed E-state index contributed by atoms with van der Waals surface area (Å²) in [6.45, 7) is 2.65. The van der Waals surface area contributed by atoms with Gasteiger partial charge in [-0.15, -0.1) is 15.0 Å². The fraction of sp³-hybridized carbons (Fsp3) is 0.294. The van der Waals surface area contributed by atoms with Crippen LogP contribution in [0.5, 0.6) is 5.75 Å². The quantitative estimate of drug-likeness (QED) is 0.736. The van der Waals surface area contributed by atoms with Crippen LogP contribution < -0.4 is 0 Å². The van der Waals surface area contributed by atoms with Crippen LogP contribution >= 0.6 is 0 Å². The number of methoxy groups -OCH3 is 1. The Morgan fingerprint density at radius 3 is 2.86 bits per heavy atom. The standard InChI is InChI=1S/C17H19N3O2/c1-12-5-7-14-15(10-12)19-20(18-14)16-11-13(4-3-9-22-2)6-8-17(16)21/h5-8,10-11,21H,3-4,9H2,1-2H3/i8T. The van der Waals surface area contributed by atoms with Crippen molar-refractivity contribution in [3.05, 3.63) is 47.5 Å². The minimum atomic E-state index is -0.113. The van der Waals surface area contributed by atoms with E-state index in [1.807, 2.05) is 31.2 Å². The molecule has 0 bridgehead atoms. The molecule has 3 aromatic rings. The van der Waals surface area contributed by atoms with Crippen molar-refractivity contribution in [3.63, 3.8) is 0 Å². The average Bonchev–Trinajstić information content (AvgIpc) is 2.93. The molecule has 1 N–H and O–H groups in total. The molecule has 5 heteroatoms. The number of hydrogen-bond donors (Lipinski definition) is 1. The third-order valence-corrected chi connectivity index (χ3v) is 3.52. The number of aryl methyl sites for hydroxylation is 2. The maximum Gasteiger partial charge on any atom is 0.143 e. The zero-order chi connectivity index (χ0) is 16.4. The molecule has 114 valence electrons. The number of phenolic OH excluding ortho intramolecular Hbond substituents is 1. The summed E-state index contributed by atoms with van der Waals surface area (Å²) in [5, 5.41) is 19.0. The van der Waals surface area contributed by atoms with Crippen molar-refractivity contribution >= 4 is 11.0 Å². The highest BCUT2D eigenvalue weighted by Gasteiger charge is 2.10. The molecular formula is C17H19N3O2. The second-order valence-electron chi connectivity index (χ2n) is 5.32. The Labute approximate surface area is 130 Å². The molecule has 0 saturated carbocycles. The predicted molar refractivity (Wildman–Crippen MR) is 85.5 cm³/mol. The fourth-order valence-corrected chi connectivity index (χ4v) is 2.37. The Kier molecular flexibility index (Phi) is 3.71. The van der Waals surface area contributed by atoms with E-state index < -0.39 is 0 Å². The second kappa shape index (κ2) is 6.15. The lowest BCUT2D eigenvalue weighted by molar-refractivity contribution is 0.195. The lowest BCUT2D eigenvalue weighted by atomic mass is 10.1. The molecule has 1 heterocycles. The van der Waals surface area contributed by atoms with Gasteiger partial charge < -0.3 is 9.84 Å². The van der Waals surface area contributed by atoms with E-state index in [-0.39, 0.29) is 11.8 Å². The summed E-state index contributed by atoms with van der Waals surface area (Å²) in [6.07, 6.45) is 1.63. The molecule has 0 saturated heterocycles. The molecule has 0 unspecified atom stereocenters. The third-order valence-electron chi connectivity index (χ3n) is 3.52. The largest absolute Gasteiger partial charge is 0.506 e. The van der Waals surface area contributed by atoms with E-state index in [9.17, 15) is 5.11 Å². The van der Waals surface area contributed by atoms with Crippen molar-refractivity contribution < 1.29 is 11.2 Å². The molecule has 5 nitrogen and oxygen atoms in total. The zero-order valence-corrected chi connectivity index (χ0v) is 12.7. The van der Waals surface area contributed by atoms with Crippen LogP contribution in [0, 0.1) is 6.92 Å². The van der Waals surface area contributed by atoms with Gasteiger partial charge in [-0.1, -0.05) is 12.1 Å². The van der Waals surface area contributed by atoms with Gasteiger partial charge in [-0.3, -0.25) is 0 Å². The van der Waals surface area contributed by atoms with Gasteiger partial charge in [0.05, 0.1) is 1.37 Å². The summed E-state index contributed by atoms with van der Waals surface area (Å²) in [5.41, 5.74) is 4.01. The number of fused-ring (bicyclic) bond motifs is 1. The summed E-state index contributed by atoms with van der Waals surface area (Å²) >= 11 is 0. The highest BCUT2D eigenvalue weighted by atomic mass is 16.5. The van der Waals surface area contributed by atoms with Gasteiger partial charge in [0.2, 0.25) is 0 Å². The summed E-state index contributed by atoms with van der Waals surface area (Å²) in [5.74, 6) is -0.113. The molecule has 1 aromatic heterocycles. The highest BCUT2D eigenvalue weighted by Crippen LogP contribution is 2.24. The SMILES string of the molecule is [3H]c1cc(CCCOC)cc(-n2nc3ccc(C)cc3n2)c1O. The molecule has 22 heavy (non-hydrogen) atoms. The van der Waals surface area contributed by atoms with Gasteiger partial charge in [-0.25, -0.2) is 0 Å². The number of hydrogen-bond acceptors (Lipinski definition) is 4. The van der Waals surface area contributed by atoms with Crippen LogP contribution in [0.3, 0.4) is 0 Å². The number of aromatic nitrogens is 3. The number of aromatic hydroxyl groups is 1. The Balaban J connectivity index is 2.02. The molecule has 0 radical (unpaired) electrons. The van der Waals surface area contributed by atoms with E-state index >= 15 is 0 Å². The molecule has 0 fully saturated rings. The molecule has 2 aromatic carbocycles. The van der Waals surface area contributed by atoms with Gasteiger partial charge in [-0.05, 0) is 55.1 Å². The van der Waals surface area contributed by atoms with E-state index in [1.54, 1.807) is 13.2 Å². The third kappa shape index (κ3) is 2.94. The summed E-state index contributed by atoms with van der Waals surface area (Å²) in [4.78, 5) is 1.40. The number of nitrogens with zero attached hydrogens (tertiary/aromatic N) is 3. The highest BCUT2D eigenvalue weighted by molar-refractivity contribution is 5.74. The van der Waals surface area contributed by atoms with Crippen LogP contribution in [0.4, 0.5) is 0 Å². The van der Waals surface area contributed by atoms with E-state index in [0.717, 1.165) is 35.0 Å². The van der Waals surface area contributed by atoms with Gasteiger partial charge in [0, 0.05) is 13.7 Å². The maximum atomic E-state index is 10.2. The summed E-state index contributed by atoms with van der Waals surface area (Å²) < 4.78 is 13.0. The van der Waals surface area contributed by atoms with Crippen molar-refractivity contribution in [3.8, 4) is 11.4 Å². The van der Waals surface area contributed by atoms with Crippen molar-refractivity contribution in [2.45, 2.75) is 19.8 Å². The van der Waals surface area contributed by atoms with Gasteiger partial charge >= 0.3 is 0 Å². The Morgan fingerprint density at radius 2 is 2.05 bits per heavy atom. The Morgan fingerprint density at radius 1 is 1.23 bits per heavy atom. The van der Waals surface area contributed by atoms with Gasteiger partial charge in [0.15, 0.2) is 0 Å². The molecule has 0 spiro atoms. The number of rotatable bonds is 5. The van der Waals surface area contributed by atoms with Gasteiger partial charge in [-0.2, -0.15) is 0 Å². The van der Waals surface area contributed by atoms with Gasteiger partial charge in [0.1, 0.15) is 22.5 Å². The van der Waals surface area contributed by atoms with Crippen LogP contribution in [0.15, 0.2) is 36.4 Å². The Hall–Kier alpha value is -2.40. The minimum absolute atomic E-state index is 0.0763. The number of phenols is 1. The first-order valence-electron chi connectivity index (χ1n) is 7.74. The molecule has 0 atom stereocenters. The van der Waals surface area contributed by atoms with Crippen LogP contribution in [0.25, 0.3) is 16.7 Å². The minimum Gasteiger partial charge on any atom is -0.506 e. The first-order chi connectivity index (χ1) is 11.1. The van der Waals surface area contributed by atoms with Crippen molar-refractivity contribution in [2.24, 2.45) is 0 Å². The van der Waals surface area contributed by atoms with Crippen molar-refractivity contribution in [2.75, 3.05) is 13.7 Å². The lowest BCUT2D eigenvalue weighted by Gasteiger charge is -2.06. The molecule has 0 aliphatic carbocycles.